The third-order valence-electron chi connectivity index (χ3n) is 2.94. The van der Waals surface area contributed by atoms with E-state index in [2.05, 4.69) is 5.10 Å². The topological polar surface area (TPSA) is 55.1 Å². The van der Waals surface area contributed by atoms with Gasteiger partial charge in [-0.2, -0.15) is 5.10 Å². The highest BCUT2D eigenvalue weighted by Crippen LogP contribution is 2.21. The molecule has 0 radical (unpaired) electrons. The average molecular weight is 279 g/mol. The molecule has 2 aromatic rings. The van der Waals surface area contributed by atoms with Crippen molar-refractivity contribution >= 4 is 17.6 Å². The number of aromatic carboxylic acids is 1. The third-order valence-corrected chi connectivity index (χ3v) is 3.18. The van der Waals surface area contributed by atoms with Gasteiger partial charge in [-0.15, -0.1) is 0 Å². The van der Waals surface area contributed by atoms with Crippen molar-refractivity contribution in [1.29, 1.82) is 0 Å². The zero-order chi connectivity index (χ0) is 14.0. The van der Waals surface area contributed by atoms with Crippen LogP contribution in [0, 0.1) is 6.92 Å². The summed E-state index contributed by atoms with van der Waals surface area (Å²) in [7, 11) is 0. The molecule has 0 aliphatic heterocycles. The molecule has 0 amide bonds. The first kappa shape index (κ1) is 13.6. The molecular formula is C14H15ClN2O2. The van der Waals surface area contributed by atoms with Crippen LogP contribution in [0.4, 0.5) is 0 Å². The predicted octanol–water partition coefficient (Wildman–Crippen LogP) is 3.48. The highest BCUT2D eigenvalue weighted by Gasteiger charge is 2.20. The Morgan fingerprint density at radius 2 is 2.21 bits per heavy atom. The van der Waals surface area contributed by atoms with Crippen LogP contribution in [0.5, 0.6) is 0 Å². The van der Waals surface area contributed by atoms with Crippen molar-refractivity contribution in [3.05, 3.63) is 46.2 Å². The number of halogens is 1. The maximum absolute atomic E-state index is 11.3. The van der Waals surface area contributed by atoms with Gasteiger partial charge in [0.2, 0.25) is 0 Å². The molecule has 0 saturated heterocycles. The van der Waals surface area contributed by atoms with Crippen molar-refractivity contribution in [2.24, 2.45) is 0 Å². The first-order valence-corrected chi connectivity index (χ1v) is 6.50. The van der Waals surface area contributed by atoms with E-state index in [0.717, 1.165) is 12.1 Å². The number of aromatic nitrogens is 2. The van der Waals surface area contributed by atoms with E-state index in [1.54, 1.807) is 23.7 Å². The van der Waals surface area contributed by atoms with Crippen LogP contribution in [0.1, 0.15) is 35.1 Å². The quantitative estimate of drug-likeness (QED) is 0.931. The van der Waals surface area contributed by atoms with Crippen LogP contribution in [0.25, 0.3) is 5.69 Å². The molecule has 0 fully saturated rings. The molecule has 0 bridgehead atoms. The number of hydrogen-bond acceptors (Lipinski definition) is 2. The van der Waals surface area contributed by atoms with Gasteiger partial charge in [0.1, 0.15) is 5.56 Å². The van der Waals surface area contributed by atoms with Crippen LogP contribution in [0.15, 0.2) is 24.3 Å². The van der Waals surface area contributed by atoms with Gasteiger partial charge in [-0.1, -0.05) is 31.0 Å². The summed E-state index contributed by atoms with van der Waals surface area (Å²) in [4.78, 5) is 11.3. The summed E-state index contributed by atoms with van der Waals surface area (Å²) >= 11 is 5.96. The lowest BCUT2D eigenvalue weighted by Gasteiger charge is -2.04. The minimum absolute atomic E-state index is 0.293. The van der Waals surface area contributed by atoms with Crippen molar-refractivity contribution < 1.29 is 9.90 Å². The number of aryl methyl sites for hydroxylation is 1. The molecule has 1 aromatic heterocycles. The largest absolute Gasteiger partial charge is 0.478 e. The molecule has 2 rings (SSSR count). The Bertz CT molecular complexity index is 620. The second-order valence-corrected chi connectivity index (χ2v) is 4.79. The summed E-state index contributed by atoms with van der Waals surface area (Å²) in [5, 5.41) is 14.3. The van der Waals surface area contributed by atoms with Crippen molar-refractivity contribution in [2.75, 3.05) is 0 Å². The smallest absolute Gasteiger partial charge is 0.339 e. The van der Waals surface area contributed by atoms with E-state index in [1.807, 2.05) is 19.1 Å². The molecule has 1 heterocycles. The van der Waals surface area contributed by atoms with Gasteiger partial charge >= 0.3 is 5.97 Å². The van der Waals surface area contributed by atoms with Crippen molar-refractivity contribution in [2.45, 2.75) is 26.7 Å². The zero-order valence-electron chi connectivity index (χ0n) is 10.9. The van der Waals surface area contributed by atoms with Gasteiger partial charge in [-0.05, 0) is 31.5 Å². The second-order valence-electron chi connectivity index (χ2n) is 4.35. The van der Waals surface area contributed by atoms with Gasteiger partial charge in [0.05, 0.1) is 17.1 Å². The normalized spacial score (nSPS) is 10.7. The number of carboxylic acid groups (broad SMARTS) is 1. The minimum Gasteiger partial charge on any atom is -0.478 e. The van der Waals surface area contributed by atoms with Crippen molar-refractivity contribution in [3.8, 4) is 5.69 Å². The van der Waals surface area contributed by atoms with E-state index in [1.165, 1.54) is 0 Å². The van der Waals surface area contributed by atoms with Gasteiger partial charge in [0, 0.05) is 5.02 Å². The van der Waals surface area contributed by atoms with E-state index in [4.69, 9.17) is 11.6 Å². The van der Waals surface area contributed by atoms with Crippen LogP contribution in [-0.2, 0) is 6.42 Å². The Hall–Kier alpha value is -1.81. The van der Waals surface area contributed by atoms with Gasteiger partial charge < -0.3 is 5.11 Å². The molecule has 0 saturated carbocycles. The van der Waals surface area contributed by atoms with Gasteiger partial charge in [-0.25, -0.2) is 9.48 Å². The number of benzene rings is 1. The first-order chi connectivity index (χ1) is 9.04. The third kappa shape index (κ3) is 2.63. The average Bonchev–Trinajstić information content (AvgIpc) is 2.67. The van der Waals surface area contributed by atoms with Crippen LogP contribution >= 0.6 is 11.6 Å². The number of rotatable bonds is 4. The van der Waals surface area contributed by atoms with Gasteiger partial charge in [-0.3, -0.25) is 0 Å². The fraction of sp³-hybridized carbons (Fsp3) is 0.286. The summed E-state index contributed by atoms with van der Waals surface area (Å²) in [5.41, 5.74) is 2.31. The molecule has 100 valence electrons. The van der Waals surface area contributed by atoms with E-state index in [0.29, 0.717) is 28.4 Å². The predicted molar refractivity (Wildman–Crippen MR) is 74.3 cm³/mol. The number of carboxylic acids is 1. The molecule has 0 atom stereocenters. The first-order valence-electron chi connectivity index (χ1n) is 6.12. The molecule has 4 nitrogen and oxygen atoms in total. The maximum Gasteiger partial charge on any atom is 0.339 e. The van der Waals surface area contributed by atoms with Crippen molar-refractivity contribution in [3.63, 3.8) is 0 Å². The molecule has 1 aromatic carbocycles. The summed E-state index contributed by atoms with van der Waals surface area (Å²) < 4.78 is 1.64. The number of nitrogens with zero attached hydrogens (tertiary/aromatic N) is 2. The number of hydrogen-bond donors (Lipinski definition) is 1. The van der Waals surface area contributed by atoms with Crippen molar-refractivity contribution in [1.82, 2.24) is 9.78 Å². The number of carbonyl (C=O) groups is 1. The van der Waals surface area contributed by atoms with Crippen LogP contribution in [0.2, 0.25) is 5.02 Å². The van der Waals surface area contributed by atoms with Crippen LogP contribution in [0.3, 0.4) is 0 Å². The summed E-state index contributed by atoms with van der Waals surface area (Å²) in [6.07, 6.45) is 1.50. The lowest BCUT2D eigenvalue weighted by atomic mass is 10.1. The molecular weight excluding hydrogens is 264 g/mol. The fourth-order valence-corrected chi connectivity index (χ4v) is 2.29. The van der Waals surface area contributed by atoms with E-state index in [9.17, 15) is 9.90 Å². The Labute approximate surface area is 116 Å². The molecule has 19 heavy (non-hydrogen) atoms. The molecule has 1 N–H and O–H groups in total. The lowest BCUT2D eigenvalue weighted by molar-refractivity contribution is 0.0695. The lowest BCUT2D eigenvalue weighted by Crippen LogP contribution is -2.03. The SMILES string of the molecule is CCCc1nn(-c2cccc(Cl)c2)c(C)c1C(=O)O. The Balaban J connectivity index is 2.59. The molecule has 0 aliphatic carbocycles. The minimum atomic E-state index is -0.936. The van der Waals surface area contributed by atoms with E-state index in [-0.39, 0.29) is 0 Å². The standard InChI is InChI=1S/C14H15ClN2O2/c1-3-5-12-13(14(18)19)9(2)17(16-12)11-7-4-6-10(15)8-11/h4,6-8H,3,5H2,1-2H3,(H,18,19). The summed E-state index contributed by atoms with van der Waals surface area (Å²) in [5.74, 6) is -0.936. The van der Waals surface area contributed by atoms with E-state index < -0.39 is 5.97 Å². The Kier molecular flexibility index (Phi) is 3.90. The Morgan fingerprint density at radius 1 is 1.47 bits per heavy atom. The molecule has 0 aliphatic rings. The molecule has 0 unspecified atom stereocenters. The Morgan fingerprint density at radius 3 is 2.79 bits per heavy atom. The fourth-order valence-electron chi connectivity index (χ4n) is 2.11. The molecule has 0 spiro atoms. The molecule has 5 heteroatoms. The summed E-state index contributed by atoms with van der Waals surface area (Å²) in [6.45, 7) is 3.76. The second kappa shape index (κ2) is 5.45. The summed E-state index contributed by atoms with van der Waals surface area (Å²) in [6, 6.07) is 7.21. The highest BCUT2D eigenvalue weighted by molar-refractivity contribution is 6.30. The van der Waals surface area contributed by atoms with Gasteiger partial charge in [0.15, 0.2) is 0 Å². The van der Waals surface area contributed by atoms with Gasteiger partial charge in [0.25, 0.3) is 0 Å². The van der Waals surface area contributed by atoms with Crippen LogP contribution in [-0.4, -0.2) is 20.9 Å². The monoisotopic (exact) mass is 278 g/mol. The van der Waals surface area contributed by atoms with E-state index >= 15 is 0 Å². The zero-order valence-corrected chi connectivity index (χ0v) is 11.6. The highest BCUT2D eigenvalue weighted by atomic mass is 35.5. The maximum atomic E-state index is 11.3. The van der Waals surface area contributed by atoms with Crippen LogP contribution < -0.4 is 0 Å².